The maximum atomic E-state index is 11.4. The molecule has 0 spiro atoms. The van der Waals surface area contributed by atoms with Gasteiger partial charge in [0.1, 0.15) is 0 Å². The topological polar surface area (TPSA) is 61.8 Å². The fraction of sp³-hybridized carbons (Fsp3) is 0.562. The number of aliphatic carboxylic acids is 1. The average molecular weight is 292 g/mol. The average Bonchev–Trinajstić information content (AvgIpc) is 2.52. The lowest BCUT2D eigenvalue weighted by atomic mass is 9.99. The minimum Gasteiger partial charge on any atom is -0.481 e. The second-order valence-corrected chi connectivity index (χ2v) is 5.35. The fourth-order valence-corrected chi connectivity index (χ4v) is 2.61. The molecule has 2 unspecified atom stereocenters. The van der Waals surface area contributed by atoms with Crippen LogP contribution in [-0.4, -0.2) is 61.4 Å². The van der Waals surface area contributed by atoms with Crippen molar-refractivity contribution in [1.29, 1.82) is 0 Å². The maximum Gasteiger partial charge on any atom is 0.312 e. The summed E-state index contributed by atoms with van der Waals surface area (Å²) in [7, 11) is 0. The van der Waals surface area contributed by atoms with Gasteiger partial charge in [-0.25, -0.2) is 0 Å². The molecule has 0 aliphatic carbocycles. The van der Waals surface area contributed by atoms with Crippen molar-refractivity contribution in [1.82, 2.24) is 10.2 Å². The van der Waals surface area contributed by atoms with Gasteiger partial charge >= 0.3 is 5.97 Å². The van der Waals surface area contributed by atoms with Gasteiger partial charge in [0, 0.05) is 26.2 Å². The van der Waals surface area contributed by atoms with Crippen molar-refractivity contribution >= 4 is 5.97 Å². The molecule has 21 heavy (non-hydrogen) atoms. The highest BCUT2D eigenvalue weighted by Crippen LogP contribution is 2.15. The van der Waals surface area contributed by atoms with Crippen molar-refractivity contribution in [2.75, 3.05) is 39.3 Å². The molecule has 1 aromatic carbocycles. The van der Waals surface area contributed by atoms with Crippen molar-refractivity contribution in [2.24, 2.45) is 0 Å². The molecular weight excluding hydrogens is 268 g/mol. The Morgan fingerprint density at radius 3 is 2.90 bits per heavy atom. The molecule has 2 N–H and O–H groups in total. The predicted octanol–water partition coefficient (Wildman–Crippen LogP) is 1.17. The van der Waals surface area contributed by atoms with E-state index in [1.807, 2.05) is 30.3 Å². The molecule has 5 nitrogen and oxygen atoms in total. The molecule has 1 saturated heterocycles. The van der Waals surface area contributed by atoms with E-state index in [-0.39, 0.29) is 6.10 Å². The Hall–Kier alpha value is -1.43. The summed E-state index contributed by atoms with van der Waals surface area (Å²) >= 11 is 0. The third-order valence-corrected chi connectivity index (χ3v) is 3.89. The summed E-state index contributed by atoms with van der Waals surface area (Å²) in [4.78, 5) is 13.7. The van der Waals surface area contributed by atoms with Crippen LogP contribution in [0.2, 0.25) is 0 Å². The highest BCUT2D eigenvalue weighted by molar-refractivity contribution is 5.76. The van der Waals surface area contributed by atoms with Gasteiger partial charge in [0.25, 0.3) is 0 Å². The molecule has 2 atom stereocenters. The van der Waals surface area contributed by atoms with Gasteiger partial charge in [-0.15, -0.1) is 0 Å². The van der Waals surface area contributed by atoms with Gasteiger partial charge < -0.3 is 15.2 Å². The maximum absolute atomic E-state index is 11.4. The number of carboxylic acids is 1. The van der Waals surface area contributed by atoms with Crippen molar-refractivity contribution in [3.05, 3.63) is 35.9 Å². The van der Waals surface area contributed by atoms with Crippen LogP contribution in [-0.2, 0) is 9.53 Å². The molecule has 1 heterocycles. The smallest absolute Gasteiger partial charge is 0.312 e. The minimum atomic E-state index is -0.798. The van der Waals surface area contributed by atoms with Gasteiger partial charge in [0.15, 0.2) is 0 Å². The van der Waals surface area contributed by atoms with E-state index in [1.165, 1.54) is 0 Å². The molecule has 116 valence electrons. The number of carbonyl (C=O) groups is 1. The lowest BCUT2D eigenvalue weighted by Gasteiger charge is -2.32. The van der Waals surface area contributed by atoms with Gasteiger partial charge in [-0.1, -0.05) is 37.3 Å². The number of morpholine rings is 1. The Morgan fingerprint density at radius 1 is 1.48 bits per heavy atom. The summed E-state index contributed by atoms with van der Waals surface area (Å²) in [6.07, 6.45) is 0.143. The normalized spacial score (nSPS) is 21.1. The third kappa shape index (κ3) is 4.81. The van der Waals surface area contributed by atoms with E-state index < -0.39 is 11.9 Å². The van der Waals surface area contributed by atoms with Crippen LogP contribution in [0.5, 0.6) is 0 Å². The minimum absolute atomic E-state index is 0.143. The van der Waals surface area contributed by atoms with Crippen LogP contribution in [0.25, 0.3) is 0 Å². The Balaban J connectivity index is 1.81. The van der Waals surface area contributed by atoms with Crippen molar-refractivity contribution in [2.45, 2.75) is 18.9 Å². The van der Waals surface area contributed by atoms with Gasteiger partial charge in [-0.2, -0.15) is 0 Å². The highest BCUT2D eigenvalue weighted by Gasteiger charge is 2.22. The zero-order valence-corrected chi connectivity index (χ0v) is 12.5. The standard InChI is InChI=1S/C16H24N2O3/c1-2-18-8-9-21-14(12-18)10-17-11-15(16(19)20)13-6-4-3-5-7-13/h3-7,14-15,17H,2,8-12H2,1H3,(H,19,20). The first kappa shape index (κ1) is 15.9. The second kappa shape index (κ2) is 8.12. The first-order valence-electron chi connectivity index (χ1n) is 7.53. The summed E-state index contributed by atoms with van der Waals surface area (Å²) < 4.78 is 5.71. The molecule has 0 radical (unpaired) electrons. The zero-order valence-electron chi connectivity index (χ0n) is 12.5. The largest absolute Gasteiger partial charge is 0.481 e. The quantitative estimate of drug-likeness (QED) is 0.790. The van der Waals surface area contributed by atoms with E-state index >= 15 is 0 Å². The van der Waals surface area contributed by atoms with E-state index in [0.29, 0.717) is 13.1 Å². The number of nitrogens with one attached hydrogen (secondary N) is 1. The van der Waals surface area contributed by atoms with Crippen molar-refractivity contribution < 1.29 is 14.6 Å². The SMILES string of the molecule is CCN1CCOC(CNCC(C(=O)O)c2ccccc2)C1. The third-order valence-electron chi connectivity index (χ3n) is 3.89. The Bertz CT molecular complexity index is 438. The summed E-state index contributed by atoms with van der Waals surface area (Å²) in [5.74, 6) is -1.31. The van der Waals surface area contributed by atoms with E-state index in [2.05, 4.69) is 17.1 Å². The van der Waals surface area contributed by atoms with E-state index in [4.69, 9.17) is 4.74 Å². The molecule has 0 amide bonds. The number of nitrogens with zero attached hydrogens (tertiary/aromatic N) is 1. The number of hydrogen-bond acceptors (Lipinski definition) is 4. The molecule has 0 aromatic heterocycles. The van der Waals surface area contributed by atoms with Gasteiger partial charge in [-0.3, -0.25) is 9.69 Å². The number of likely N-dealkylation sites (N-methyl/N-ethyl adjacent to an activating group) is 1. The number of benzene rings is 1. The molecule has 0 bridgehead atoms. The first-order valence-corrected chi connectivity index (χ1v) is 7.53. The Kier molecular flexibility index (Phi) is 6.17. The summed E-state index contributed by atoms with van der Waals surface area (Å²) in [5, 5.41) is 12.6. The predicted molar refractivity (Wildman–Crippen MR) is 81.5 cm³/mol. The van der Waals surface area contributed by atoms with Crippen molar-refractivity contribution in [3.8, 4) is 0 Å². The first-order chi connectivity index (χ1) is 10.2. The number of rotatable bonds is 7. The van der Waals surface area contributed by atoms with Gasteiger partial charge in [0.2, 0.25) is 0 Å². The van der Waals surface area contributed by atoms with Crippen LogP contribution in [0.4, 0.5) is 0 Å². The molecular formula is C16H24N2O3. The molecule has 1 aromatic rings. The van der Waals surface area contributed by atoms with Gasteiger partial charge in [-0.05, 0) is 12.1 Å². The summed E-state index contributed by atoms with van der Waals surface area (Å²) in [6, 6.07) is 9.35. The van der Waals surface area contributed by atoms with Crippen LogP contribution in [0, 0.1) is 0 Å². The second-order valence-electron chi connectivity index (χ2n) is 5.35. The molecule has 0 saturated carbocycles. The summed E-state index contributed by atoms with van der Waals surface area (Å²) in [5.41, 5.74) is 0.831. The lowest BCUT2D eigenvalue weighted by molar-refractivity contribution is -0.138. The summed E-state index contributed by atoms with van der Waals surface area (Å²) in [6.45, 7) is 6.92. The van der Waals surface area contributed by atoms with Crippen LogP contribution in [0.3, 0.4) is 0 Å². The fourth-order valence-electron chi connectivity index (χ4n) is 2.61. The van der Waals surface area contributed by atoms with Gasteiger partial charge in [0.05, 0.1) is 18.6 Å². The molecule has 1 aliphatic rings. The Labute approximate surface area is 125 Å². The van der Waals surface area contributed by atoms with E-state index in [9.17, 15) is 9.90 Å². The Morgan fingerprint density at radius 2 is 2.24 bits per heavy atom. The highest BCUT2D eigenvalue weighted by atomic mass is 16.5. The monoisotopic (exact) mass is 292 g/mol. The number of carboxylic acid groups (broad SMARTS) is 1. The lowest BCUT2D eigenvalue weighted by Crippen LogP contribution is -2.47. The van der Waals surface area contributed by atoms with Crippen LogP contribution in [0.1, 0.15) is 18.4 Å². The zero-order chi connectivity index (χ0) is 15.1. The molecule has 2 rings (SSSR count). The van der Waals surface area contributed by atoms with Crippen LogP contribution < -0.4 is 5.32 Å². The van der Waals surface area contributed by atoms with Crippen molar-refractivity contribution in [3.63, 3.8) is 0 Å². The van der Waals surface area contributed by atoms with Crippen LogP contribution >= 0.6 is 0 Å². The number of ether oxygens (including phenoxy) is 1. The molecule has 1 aliphatic heterocycles. The van der Waals surface area contributed by atoms with Crippen LogP contribution in [0.15, 0.2) is 30.3 Å². The van der Waals surface area contributed by atoms with E-state index in [0.717, 1.165) is 31.8 Å². The van der Waals surface area contributed by atoms with E-state index in [1.54, 1.807) is 0 Å². The number of hydrogen-bond donors (Lipinski definition) is 2. The molecule has 1 fully saturated rings. The molecule has 5 heteroatoms.